The topological polar surface area (TPSA) is 72.8 Å². The number of nitrogens with zero attached hydrogens (tertiary/aromatic N) is 3. The summed E-state index contributed by atoms with van der Waals surface area (Å²) in [7, 11) is 1.86. The Kier molecular flexibility index (Phi) is 5.04. The van der Waals surface area contributed by atoms with Crippen LogP contribution in [0.4, 0.5) is 0 Å². The average molecular weight is 431 g/mol. The van der Waals surface area contributed by atoms with Crippen LogP contribution in [0.15, 0.2) is 27.5 Å². The van der Waals surface area contributed by atoms with Gasteiger partial charge in [0.05, 0.1) is 17.9 Å². The third-order valence-corrected chi connectivity index (χ3v) is 5.70. The fraction of sp³-hybridized carbons (Fsp3) is 0.450. The van der Waals surface area contributed by atoms with E-state index in [-0.39, 0.29) is 5.56 Å². The lowest BCUT2D eigenvalue weighted by Crippen LogP contribution is -2.13. The molecule has 0 radical (unpaired) electrons. The van der Waals surface area contributed by atoms with Crippen molar-refractivity contribution in [3.05, 3.63) is 38.7 Å². The first-order valence-electron chi connectivity index (χ1n) is 9.48. The number of ether oxygens (including phenoxy) is 1. The number of aromatic amines is 1. The molecule has 2 heterocycles. The van der Waals surface area contributed by atoms with Crippen molar-refractivity contribution in [1.29, 1.82) is 0 Å². The molecule has 0 aliphatic heterocycles. The summed E-state index contributed by atoms with van der Waals surface area (Å²) in [4.78, 5) is 20.7. The molecule has 0 bridgehead atoms. The number of nitrogens with one attached hydrogen (secondary N) is 1. The minimum absolute atomic E-state index is 0.131. The van der Waals surface area contributed by atoms with E-state index in [1.54, 1.807) is 4.68 Å². The first-order chi connectivity index (χ1) is 13.1. The van der Waals surface area contributed by atoms with Crippen molar-refractivity contribution in [2.45, 2.75) is 44.9 Å². The Morgan fingerprint density at radius 1 is 1.30 bits per heavy atom. The van der Waals surface area contributed by atoms with E-state index in [1.165, 1.54) is 19.3 Å². The third-order valence-electron chi connectivity index (χ3n) is 5.21. The van der Waals surface area contributed by atoms with Crippen LogP contribution >= 0.6 is 15.9 Å². The lowest BCUT2D eigenvalue weighted by molar-refractivity contribution is 0.341. The van der Waals surface area contributed by atoms with Gasteiger partial charge in [-0.1, -0.05) is 35.2 Å². The van der Waals surface area contributed by atoms with E-state index in [1.807, 2.05) is 32.2 Å². The van der Waals surface area contributed by atoms with Crippen molar-refractivity contribution in [3.63, 3.8) is 0 Å². The number of aryl methyl sites for hydroxylation is 1. The Labute approximate surface area is 166 Å². The molecule has 142 valence electrons. The zero-order valence-electron chi connectivity index (χ0n) is 15.6. The van der Waals surface area contributed by atoms with Crippen molar-refractivity contribution in [2.24, 2.45) is 7.05 Å². The van der Waals surface area contributed by atoms with Gasteiger partial charge in [0.25, 0.3) is 5.56 Å². The normalized spacial score (nSPS) is 15.4. The molecule has 1 N–H and O–H groups in total. The number of hydrogen-bond acceptors (Lipinski definition) is 4. The van der Waals surface area contributed by atoms with E-state index < -0.39 is 0 Å². The number of H-pyrrole nitrogens is 1. The largest absolute Gasteiger partial charge is 0.493 e. The molecule has 2 aromatic heterocycles. The number of hydrogen-bond donors (Lipinski definition) is 1. The van der Waals surface area contributed by atoms with Gasteiger partial charge >= 0.3 is 0 Å². The van der Waals surface area contributed by atoms with Crippen molar-refractivity contribution in [2.75, 3.05) is 6.61 Å². The molecule has 1 fully saturated rings. The molecule has 27 heavy (non-hydrogen) atoms. The summed E-state index contributed by atoms with van der Waals surface area (Å²) in [6.45, 7) is 2.47. The molecule has 1 aromatic carbocycles. The second kappa shape index (κ2) is 7.46. The van der Waals surface area contributed by atoms with Crippen LogP contribution in [0, 0.1) is 0 Å². The molecule has 4 rings (SSSR count). The zero-order chi connectivity index (χ0) is 19.0. The fourth-order valence-electron chi connectivity index (χ4n) is 3.94. The van der Waals surface area contributed by atoms with Crippen molar-refractivity contribution in [1.82, 2.24) is 19.7 Å². The van der Waals surface area contributed by atoms with Gasteiger partial charge in [0.15, 0.2) is 5.65 Å². The SMILES string of the molecule is CCOc1cc(Br)ccc1-c1nc2c(c(C3CCCCC3)nn2C)c(=O)[nH]1. The molecule has 6 nitrogen and oxygen atoms in total. The molecule has 7 heteroatoms. The molecule has 0 spiro atoms. The molecule has 0 atom stereocenters. The van der Waals surface area contributed by atoms with Crippen LogP contribution in [-0.4, -0.2) is 26.4 Å². The predicted molar refractivity (Wildman–Crippen MR) is 109 cm³/mol. The molecule has 0 saturated heterocycles. The molecule has 0 unspecified atom stereocenters. The summed E-state index contributed by atoms with van der Waals surface area (Å²) in [5, 5.41) is 5.31. The molecule has 1 aliphatic carbocycles. The summed E-state index contributed by atoms with van der Waals surface area (Å²) in [6.07, 6.45) is 5.85. The van der Waals surface area contributed by atoms with Crippen LogP contribution in [0.1, 0.15) is 50.6 Å². The minimum atomic E-state index is -0.131. The Morgan fingerprint density at radius 2 is 2.07 bits per heavy atom. The molecular weight excluding hydrogens is 408 g/mol. The third kappa shape index (κ3) is 3.40. The number of fused-ring (bicyclic) bond motifs is 1. The molecule has 3 aromatic rings. The molecular formula is C20H23BrN4O2. The maximum absolute atomic E-state index is 13.0. The predicted octanol–water partition coefficient (Wildman–Crippen LogP) is 4.53. The number of aromatic nitrogens is 4. The Morgan fingerprint density at radius 3 is 2.81 bits per heavy atom. The van der Waals surface area contributed by atoms with E-state index >= 15 is 0 Å². The van der Waals surface area contributed by atoms with Gasteiger partial charge in [0.2, 0.25) is 0 Å². The van der Waals surface area contributed by atoms with Crippen molar-refractivity contribution < 1.29 is 4.74 Å². The fourth-order valence-corrected chi connectivity index (χ4v) is 4.28. The van der Waals surface area contributed by atoms with Crippen LogP contribution in [0.3, 0.4) is 0 Å². The van der Waals surface area contributed by atoms with E-state index in [4.69, 9.17) is 9.72 Å². The standard InChI is InChI=1S/C20H23BrN4O2/c1-3-27-15-11-13(21)9-10-14(15)18-22-19-16(20(26)23-18)17(24-25(19)2)12-7-5-4-6-8-12/h9-12H,3-8H2,1-2H3,(H,22,23,26). The maximum atomic E-state index is 13.0. The van der Waals surface area contributed by atoms with Crippen LogP contribution in [0.25, 0.3) is 22.4 Å². The highest BCUT2D eigenvalue weighted by molar-refractivity contribution is 9.10. The van der Waals surface area contributed by atoms with Crippen LogP contribution in [-0.2, 0) is 7.05 Å². The highest BCUT2D eigenvalue weighted by Crippen LogP contribution is 2.35. The van der Waals surface area contributed by atoms with E-state index in [2.05, 4.69) is 26.0 Å². The molecule has 1 saturated carbocycles. The summed E-state index contributed by atoms with van der Waals surface area (Å²) in [5.74, 6) is 1.54. The van der Waals surface area contributed by atoms with Gasteiger partial charge in [-0.3, -0.25) is 4.79 Å². The van der Waals surface area contributed by atoms with Crippen LogP contribution in [0.2, 0.25) is 0 Å². The lowest BCUT2D eigenvalue weighted by atomic mass is 9.86. The van der Waals surface area contributed by atoms with Crippen LogP contribution in [0.5, 0.6) is 5.75 Å². The number of halogens is 1. The van der Waals surface area contributed by atoms with Gasteiger partial charge < -0.3 is 9.72 Å². The highest BCUT2D eigenvalue weighted by Gasteiger charge is 2.25. The summed E-state index contributed by atoms with van der Waals surface area (Å²) >= 11 is 3.47. The Bertz CT molecular complexity index is 1030. The average Bonchev–Trinajstić information content (AvgIpc) is 3.00. The monoisotopic (exact) mass is 430 g/mol. The van der Waals surface area contributed by atoms with E-state index in [0.717, 1.165) is 28.6 Å². The van der Waals surface area contributed by atoms with Crippen molar-refractivity contribution in [3.8, 4) is 17.1 Å². The van der Waals surface area contributed by atoms with E-state index in [9.17, 15) is 4.79 Å². The number of benzene rings is 1. The first-order valence-corrected chi connectivity index (χ1v) is 10.3. The van der Waals surface area contributed by atoms with Crippen LogP contribution < -0.4 is 10.3 Å². The zero-order valence-corrected chi connectivity index (χ0v) is 17.2. The maximum Gasteiger partial charge on any atom is 0.262 e. The van der Waals surface area contributed by atoms with Gasteiger partial charge in [-0.2, -0.15) is 5.10 Å². The quantitative estimate of drug-likeness (QED) is 0.659. The van der Waals surface area contributed by atoms with Gasteiger partial charge in [0.1, 0.15) is 17.0 Å². The second-order valence-electron chi connectivity index (χ2n) is 7.03. The van der Waals surface area contributed by atoms with E-state index in [0.29, 0.717) is 35.1 Å². The highest BCUT2D eigenvalue weighted by atomic mass is 79.9. The summed E-state index contributed by atoms with van der Waals surface area (Å²) in [6, 6.07) is 5.70. The van der Waals surface area contributed by atoms with Crippen molar-refractivity contribution >= 4 is 27.0 Å². The molecule has 0 amide bonds. The van der Waals surface area contributed by atoms with Gasteiger partial charge in [-0.25, -0.2) is 9.67 Å². The molecule has 1 aliphatic rings. The Balaban J connectivity index is 1.86. The number of rotatable bonds is 4. The second-order valence-corrected chi connectivity index (χ2v) is 7.95. The van der Waals surface area contributed by atoms with Gasteiger partial charge in [-0.15, -0.1) is 0 Å². The minimum Gasteiger partial charge on any atom is -0.493 e. The Hall–Kier alpha value is -2.15. The summed E-state index contributed by atoms with van der Waals surface area (Å²) in [5.41, 5.74) is 2.15. The van der Waals surface area contributed by atoms with Gasteiger partial charge in [-0.05, 0) is 38.0 Å². The first kappa shape index (κ1) is 18.2. The smallest absolute Gasteiger partial charge is 0.262 e. The summed E-state index contributed by atoms with van der Waals surface area (Å²) < 4.78 is 8.39. The lowest BCUT2D eigenvalue weighted by Gasteiger charge is -2.19. The van der Waals surface area contributed by atoms with Gasteiger partial charge in [0, 0.05) is 17.4 Å².